The van der Waals surface area contributed by atoms with Crippen molar-refractivity contribution in [3.63, 3.8) is 0 Å². The largest absolute Gasteiger partial charge is 0.497 e. The van der Waals surface area contributed by atoms with Crippen LogP contribution < -0.4 is 9.47 Å². The molecule has 2 atom stereocenters. The van der Waals surface area contributed by atoms with Gasteiger partial charge >= 0.3 is 5.97 Å². The number of rotatable bonds is 4. The lowest BCUT2D eigenvalue weighted by atomic mass is 10.1. The van der Waals surface area contributed by atoms with E-state index in [1.165, 1.54) is 0 Å². The van der Waals surface area contributed by atoms with E-state index in [9.17, 15) is 4.79 Å². The highest BCUT2D eigenvalue weighted by molar-refractivity contribution is 5.75. The van der Waals surface area contributed by atoms with Crippen LogP contribution in [0.15, 0.2) is 18.2 Å². The van der Waals surface area contributed by atoms with Crippen LogP contribution in [0, 0.1) is 5.92 Å². The van der Waals surface area contributed by atoms with Gasteiger partial charge in [-0.1, -0.05) is 0 Å². The normalized spacial score (nSPS) is 22.6. The highest BCUT2D eigenvalue weighted by Crippen LogP contribution is 2.49. The summed E-state index contributed by atoms with van der Waals surface area (Å²) in [5.74, 6) is 0.515. The molecule has 0 aliphatic heterocycles. The van der Waals surface area contributed by atoms with Crippen LogP contribution in [0.4, 0.5) is 0 Å². The van der Waals surface area contributed by atoms with E-state index >= 15 is 0 Å². The minimum absolute atomic E-state index is 0.0986. The lowest BCUT2D eigenvalue weighted by molar-refractivity contribution is -0.138. The van der Waals surface area contributed by atoms with Crippen LogP contribution in [0.1, 0.15) is 17.9 Å². The van der Waals surface area contributed by atoms with Crippen molar-refractivity contribution < 1.29 is 19.4 Å². The van der Waals surface area contributed by atoms with Crippen molar-refractivity contribution in [1.29, 1.82) is 0 Å². The fraction of sp³-hybridized carbons (Fsp3) is 0.417. The van der Waals surface area contributed by atoms with Crippen molar-refractivity contribution in [3.8, 4) is 11.5 Å². The predicted octanol–water partition coefficient (Wildman–Crippen LogP) is 1.89. The molecule has 1 saturated carbocycles. The summed E-state index contributed by atoms with van der Waals surface area (Å²) in [6, 6.07) is 5.52. The van der Waals surface area contributed by atoms with Crippen molar-refractivity contribution >= 4 is 5.97 Å². The zero-order valence-corrected chi connectivity index (χ0v) is 9.27. The molecule has 4 nitrogen and oxygen atoms in total. The molecular formula is C12H14O4. The standard InChI is InChI=1S/C12H14O4/c1-15-8-3-7(4-9(5-8)16-2)10-6-11(10)12(13)14/h3-5,10-11H,6H2,1-2H3,(H,13,14)/t10-,11+/m1/s1. The second-order valence-electron chi connectivity index (χ2n) is 3.93. The SMILES string of the molecule is COc1cc(OC)cc([C@H]2C[C@@H]2C(=O)O)c1. The van der Waals surface area contributed by atoms with E-state index in [4.69, 9.17) is 14.6 Å². The van der Waals surface area contributed by atoms with Gasteiger partial charge in [0.1, 0.15) is 11.5 Å². The van der Waals surface area contributed by atoms with Crippen molar-refractivity contribution in [2.45, 2.75) is 12.3 Å². The monoisotopic (exact) mass is 222 g/mol. The van der Waals surface area contributed by atoms with E-state index < -0.39 is 5.97 Å². The highest BCUT2D eigenvalue weighted by atomic mass is 16.5. The molecule has 0 saturated heterocycles. The molecular weight excluding hydrogens is 208 g/mol. The number of carbonyl (C=O) groups is 1. The van der Waals surface area contributed by atoms with E-state index in [1.54, 1.807) is 20.3 Å². The topological polar surface area (TPSA) is 55.8 Å². The molecule has 16 heavy (non-hydrogen) atoms. The number of hydrogen-bond donors (Lipinski definition) is 1. The number of carboxylic acids is 1. The first-order chi connectivity index (χ1) is 7.65. The molecule has 0 amide bonds. The lowest BCUT2D eigenvalue weighted by Gasteiger charge is -2.07. The molecule has 1 aromatic rings. The van der Waals surface area contributed by atoms with Gasteiger partial charge in [-0.25, -0.2) is 0 Å². The van der Waals surface area contributed by atoms with E-state index in [-0.39, 0.29) is 11.8 Å². The van der Waals surface area contributed by atoms with E-state index in [1.807, 2.05) is 12.1 Å². The summed E-state index contributed by atoms with van der Waals surface area (Å²) in [5.41, 5.74) is 0.976. The molecule has 4 heteroatoms. The van der Waals surface area contributed by atoms with Gasteiger partial charge in [-0.3, -0.25) is 4.79 Å². The van der Waals surface area contributed by atoms with Crippen LogP contribution in [0.25, 0.3) is 0 Å². The number of carboxylic acid groups (broad SMARTS) is 1. The molecule has 0 bridgehead atoms. The Kier molecular flexibility index (Phi) is 2.73. The molecule has 0 unspecified atom stereocenters. The average molecular weight is 222 g/mol. The number of benzene rings is 1. The molecule has 0 aromatic heterocycles. The molecule has 0 spiro atoms. The second-order valence-corrected chi connectivity index (χ2v) is 3.93. The van der Waals surface area contributed by atoms with Gasteiger partial charge in [0.05, 0.1) is 20.1 Å². The Morgan fingerprint density at radius 1 is 1.25 bits per heavy atom. The maximum Gasteiger partial charge on any atom is 0.307 e. The van der Waals surface area contributed by atoms with Gasteiger partial charge in [-0.15, -0.1) is 0 Å². The molecule has 1 fully saturated rings. The molecule has 1 aliphatic carbocycles. The fourth-order valence-corrected chi connectivity index (χ4v) is 1.88. The first-order valence-corrected chi connectivity index (χ1v) is 5.11. The van der Waals surface area contributed by atoms with Crippen molar-refractivity contribution in [3.05, 3.63) is 23.8 Å². The van der Waals surface area contributed by atoms with E-state index in [2.05, 4.69) is 0 Å². The maximum atomic E-state index is 10.8. The van der Waals surface area contributed by atoms with Crippen LogP contribution in [0.2, 0.25) is 0 Å². The smallest absolute Gasteiger partial charge is 0.307 e. The van der Waals surface area contributed by atoms with Crippen LogP contribution in [-0.4, -0.2) is 25.3 Å². The Hall–Kier alpha value is -1.71. The zero-order chi connectivity index (χ0) is 11.7. The lowest BCUT2D eigenvalue weighted by Crippen LogP contribution is -1.99. The summed E-state index contributed by atoms with van der Waals surface area (Å²) in [5, 5.41) is 8.88. The minimum atomic E-state index is -0.730. The second kappa shape index (κ2) is 4.04. The quantitative estimate of drug-likeness (QED) is 0.845. The summed E-state index contributed by atoms with van der Waals surface area (Å²) in [6.07, 6.45) is 0.700. The summed E-state index contributed by atoms with van der Waals surface area (Å²) < 4.78 is 10.3. The third kappa shape index (κ3) is 1.96. The van der Waals surface area contributed by atoms with Crippen molar-refractivity contribution in [2.24, 2.45) is 5.92 Å². The summed E-state index contributed by atoms with van der Waals surface area (Å²) in [4.78, 5) is 10.8. The Morgan fingerprint density at radius 2 is 1.81 bits per heavy atom. The molecule has 0 radical (unpaired) electrons. The van der Waals surface area contributed by atoms with Gasteiger partial charge in [0, 0.05) is 6.07 Å². The minimum Gasteiger partial charge on any atom is -0.497 e. The van der Waals surface area contributed by atoms with Gasteiger partial charge < -0.3 is 14.6 Å². The number of ether oxygens (including phenoxy) is 2. The molecule has 1 aliphatic rings. The Balaban J connectivity index is 2.24. The van der Waals surface area contributed by atoms with Crippen molar-refractivity contribution in [1.82, 2.24) is 0 Å². The highest BCUT2D eigenvalue weighted by Gasteiger charge is 2.44. The third-order valence-corrected chi connectivity index (χ3v) is 2.91. The average Bonchev–Trinajstić information content (AvgIpc) is 3.08. The number of methoxy groups -OCH3 is 2. The van der Waals surface area contributed by atoms with Crippen LogP contribution in [0.3, 0.4) is 0 Å². The zero-order valence-electron chi connectivity index (χ0n) is 9.27. The van der Waals surface area contributed by atoms with Gasteiger partial charge in [-0.2, -0.15) is 0 Å². The molecule has 86 valence electrons. The summed E-state index contributed by atoms with van der Waals surface area (Å²) >= 11 is 0. The van der Waals surface area contributed by atoms with Crippen LogP contribution in [0.5, 0.6) is 11.5 Å². The third-order valence-electron chi connectivity index (χ3n) is 2.91. The Bertz CT molecular complexity index is 391. The Morgan fingerprint density at radius 3 is 2.19 bits per heavy atom. The van der Waals surface area contributed by atoms with Crippen molar-refractivity contribution in [2.75, 3.05) is 14.2 Å². The fourth-order valence-electron chi connectivity index (χ4n) is 1.88. The van der Waals surface area contributed by atoms with Gasteiger partial charge in [0.25, 0.3) is 0 Å². The van der Waals surface area contributed by atoms with Gasteiger partial charge in [-0.05, 0) is 30.0 Å². The predicted molar refractivity (Wildman–Crippen MR) is 58.0 cm³/mol. The maximum absolute atomic E-state index is 10.8. The van der Waals surface area contributed by atoms with Crippen LogP contribution >= 0.6 is 0 Å². The summed E-state index contributed by atoms with van der Waals surface area (Å²) in [7, 11) is 3.17. The first kappa shape index (κ1) is 10.8. The van der Waals surface area contributed by atoms with E-state index in [0.717, 1.165) is 5.56 Å². The molecule has 1 aromatic carbocycles. The first-order valence-electron chi connectivity index (χ1n) is 5.11. The van der Waals surface area contributed by atoms with Crippen LogP contribution in [-0.2, 0) is 4.79 Å². The molecule has 1 N–H and O–H groups in total. The van der Waals surface area contributed by atoms with Gasteiger partial charge in [0.15, 0.2) is 0 Å². The Labute approximate surface area is 93.8 Å². The number of aliphatic carboxylic acids is 1. The molecule has 2 rings (SSSR count). The van der Waals surface area contributed by atoms with Gasteiger partial charge in [0.2, 0.25) is 0 Å². The van der Waals surface area contributed by atoms with E-state index in [0.29, 0.717) is 17.9 Å². The summed E-state index contributed by atoms with van der Waals surface area (Å²) in [6.45, 7) is 0. The molecule has 0 heterocycles. The number of hydrogen-bond acceptors (Lipinski definition) is 3.